The van der Waals surface area contributed by atoms with Gasteiger partial charge >= 0.3 is 0 Å². The summed E-state index contributed by atoms with van der Waals surface area (Å²) in [6.07, 6.45) is -0.104. The summed E-state index contributed by atoms with van der Waals surface area (Å²) < 4.78 is 13.7. The summed E-state index contributed by atoms with van der Waals surface area (Å²) in [6, 6.07) is 6.69. The Balaban J connectivity index is 2.68. The zero-order valence-electron chi connectivity index (χ0n) is 12.6. The molecule has 0 aromatic heterocycles. The van der Waals surface area contributed by atoms with Gasteiger partial charge in [0, 0.05) is 31.3 Å². The minimum atomic E-state index is -0.813. The quantitative estimate of drug-likeness (QED) is 0.770. The van der Waals surface area contributed by atoms with Crippen molar-refractivity contribution in [3.63, 3.8) is 0 Å². The summed E-state index contributed by atoms with van der Waals surface area (Å²) in [4.78, 5) is 2.20. The van der Waals surface area contributed by atoms with Gasteiger partial charge in [0.15, 0.2) is 0 Å². The summed E-state index contributed by atoms with van der Waals surface area (Å²) in [7, 11) is 0. The van der Waals surface area contributed by atoms with Gasteiger partial charge in [0.2, 0.25) is 0 Å². The summed E-state index contributed by atoms with van der Waals surface area (Å²) in [6.45, 7) is 7.70. The molecule has 20 heavy (non-hydrogen) atoms. The lowest BCUT2D eigenvalue weighted by Gasteiger charge is -2.31. The van der Waals surface area contributed by atoms with Gasteiger partial charge in [-0.3, -0.25) is 0 Å². The van der Waals surface area contributed by atoms with Crippen molar-refractivity contribution in [3.8, 4) is 0 Å². The van der Waals surface area contributed by atoms with E-state index in [1.54, 1.807) is 18.2 Å². The maximum Gasteiger partial charge on any atom is 0.129 e. The van der Waals surface area contributed by atoms with Crippen LogP contribution in [0.5, 0.6) is 0 Å². The van der Waals surface area contributed by atoms with E-state index in [4.69, 9.17) is 5.11 Å². The fraction of sp³-hybridized carbons (Fsp3) is 0.625. The number of halogens is 1. The Morgan fingerprint density at radius 3 is 2.40 bits per heavy atom. The van der Waals surface area contributed by atoms with Crippen molar-refractivity contribution in [1.82, 2.24) is 4.90 Å². The molecule has 2 atom stereocenters. The molecule has 0 heterocycles. The van der Waals surface area contributed by atoms with E-state index in [-0.39, 0.29) is 18.3 Å². The number of nitrogens with zero attached hydrogens (tertiary/aromatic N) is 1. The van der Waals surface area contributed by atoms with E-state index in [0.29, 0.717) is 24.6 Å². The monoisotopic (exact) mass is 283 g/mol. The van der Waals surface area contributed by atoms with Gasteiger partial charge in [0.05, 0.1) is 6.10 Å². The Bertz CT molecular complexity index is 398. The lowest BCUT2D eigenvalue weighted by molar-refractivity contribution is 0.0732. The molecule has 1 rings (SSSR count). The van der Waals surface area contributed by atoms with Crippen LogP contribution in [-0.2, 0) is 0 Å². The Morgan fingerprint density at radius 2 is 1.85 bits per heavy atom. The van der Waals surface area contributed by atoms with Crippen molar-refractivity contribution in [1.29, 1.82) is 0 Å². The molecule has 3 nitrogen and oxygen atoms in total. The molecule has 0 radical (unpaired) electrons. The average molecular weight is 283 g/mol. The average Bonchev–Trinajstić information content (AvgIpc) is 2.42. The zero-order chi connectivity index (χ0) is 15.1. The predicted molar refractivity (Wildman–Crippen MR) is 78.9 cm³/mol. The molecule has 1 aromatic carbocycles. The maximum absolute atomic E-state index is 13.7. The molecule has 0 bridgehead atoms. The molecule has 114 valence electrons. The van der Waals surface area contributed by atoms with Crippen molar-refractivity contribution in [3.05, 3.63) is 35.6 Å². The lowest BCUT2D eigenvalue weighted by Crippen LogP contribution is -2.37. The van der Waals surface area contributed by atoms with E-state index in [1.807, 2.05) is 6.92 Å². The highest BCUT2D eigenvalue weighted by atomic mass is 19.1. The number of benzene rings is 1. The molecule has 0 fully saturated rings. The van der Waals surface area contributed by atoms with Crippen LogP contribution in [0.25, 0.3) is 0 Å². The zero-order valence-corrected chi connectivity index (χ0v) is 12.6. The van der Waals surface area contributed by atoms with Crippen LogP contribution >= 0.6 is 0 Å². The van der Waals surface area contributed by atoms with E-state index < -0.39 is 6.10 Å². The first-order valence-corrected chi connectivity index (χ1v) is 7.24. The predicted octanol–water partition coefficient (Wildman–Crippen LogP) is 2.59. The molecule has 0 amide bonds. The molecule has 0 saturated heterocycles. The largest absolute Gasteiger partial charge is 0.396 e. The first-order chi connectivity index (χ1) is 9.47. The molecule has 4 heteroatoms. The Hall–Kier alpha value is -0.970. The second kappa shape index (κ2) is 8.35. The fourth-order valence-electron chi connectivity index (χ4n) is 2.33. The van der Waals surface area contributed by atoms with E-state index in [0.717, 1.165) is 6.54 Å². The van der Waals surface area contributed by atoms with E-state index in [9.17, 15) is 9.50 Å². The third-order valence-electron chi connectivity index (χ3n) is 3.62. The molecule has 1 aromatic rings. The Labute approximate surface area is 121 Å². The number of rotatable bonds is 8. The third kappa shape index (κ3) is 4.85. The van der Waals surface area contributed by atoms with E-state index in [1.165, 1.54) is 6.07 Å². The Morgan fingerprint density at radius 1 is 1.20 bits per heavy atom. The van der Waals surface area contributed by atoms with Gasteiger partial charge in [-0.05, 0) is 32.3 Å². The van der Waals surface area contributed by atoms with Crippen LogP contribution in [0.2, 0.25) is 0 Å². The number of hydrogen-bond acceptors (Lipinski definition) is 3. The molecule has 0 spiro atoms. The van der Waals surface area contributed by atoms with Crippen molar-refractivity contribution >= 4 is 0 Å². The van der Waals surface area contributed by atoms with Crippen LogP contribution in [0.4, 0.5) is 4.39 Å². The van der Waals surface area contributed by atoms with Gasteiger partial charge in [0.1, 0.15) is 5.82 Å². The molecule has 0 aliphatic rings. The fourth-order valence-corrected chi connectivity index (χ4v) is 2.33. The topological polar surface area (TPSA) is 43.7 Å². The molecule has 0 aliphatic carbocycles. The van der Waals surface area contributed by atoms with Crippen LogP contribution < -0.4 is 0 Å². The summed E-state index contributed by atoms with van der Waals surface area (Å²) in [5, 5.41) is 19.2. The molecular weight excluding hydrogens is 257 g/mol. The highest BCUT2D eigenvalue weighted by Crippen LogP contribution is 2.25. The third-order valence-corrected chi connectivity index (χ3v) is 3.62. The smallest absolute Gasteiger partial charge is 0.129 e. The molecule has 0 aliphatic heterocycles. The molecule has 2 unspecified atom stereocenters. The summed E-state index contributed by atoms with van der Waals surface area (Å²) in [5.41, 5.74) is 0.353. The van der Waals surface area contributed by atoms with Gasteiger partial charge in [-0.25, -0.2) is 4.39 Å². The number of hydrogen-bond donors (Lipinski definition) is 2. The van der Waals surface area contributed by atoms with E-state index in [2.05, 4.69) is 18.7 Å². The molecular formula is C16H26FNO2. The van der Waals surface area contributed by atoms with Crippen LogP contribution in [0.15, 0.2) is 24.3 Å². The molecule has 0 saturated carbocycles. The minimum absolute atomic E-state index is 0.0759. The van der Waals surface area contributed by atoms with Crippen LogP contribution in [-0.4, -0.2) is 40.9 Å². The first-order valence-electron chi connectivity index (χ1n) is 7.24. The maximum atomic E-state index is 13.7. The van der Waals surface area contributed by atoms with Crippen molar-refractivity contribution in [2.75, 3.05) is 19.7 Å². The lowest BCUT2D eigenvalue weighted by atomic mass is 9.96. The highest BCUT2D eigenvalue weighted by Gasteiger charge is 2.22. The van der Waals surface area contributed by atoms with Gasteiger partial charge in [-0.1, -0.05) is 25.1 Å². The number of aliphatic hydroxyl groups excluding tert-OH is 2. The standard InChI is InChI=1S/C16H26FNO2/c1-12(2)18(9-6-10-19)11-13(3)16(20)14-7-4-5-8-15(14)17/h4-5,7-8,12-13,16,19-20H,6,9-11H2,1-3H3. The van der Waals surface area contributed by atoms with Gasteiger partial charge in [-0.15, -0.1) is 0 Å². The van der Waals surface area contributed by atoms with Crippen LogP contribution in [0.3, 0.4) is 0 Å². The van der Waals surface area contributed by atoms with Crippen LogP contribution in [0, 0.1) is 11.7 Å². The van der Waals surface area contributed by atoms with Gasteiger partial charge < -0.3 is 15.1 Å². The number of aliphatic hydroxyl groups is 2. The Kier molecular flexibility index (Phi) is 7.13. The first kappa shape index (κ1) is 17.1. The van der Waals surface area contributed by atoms with Crippen molar-refractivity contribution in [2.45, 2.75) is 39.3 Å². The minimum Gasteiger partial charge on any atom is -0.396 e. The van der Waals surface area contributed by atoms with Crippen LogP contribution in [0.1, 0.15) is 38.9 Å². The second-order valence-corrected chi connectivity index (χ2v) is 5.61. The summed E-state index contributed by atoms with van der Waals surface area (Å²) in [5.74, 6) is -0.439. The van der Waals surface area contributed by atoms with Crippen molar-refractivity contribution in [2.24, 2.45) is 5.92 Å². The summed E-state index contributed by atoms with van der Waals surface area (Å²) >= 11 is 0. The van der Waals surface area contributed by atoms with E-state index >= 15 is 0 Å². The SMILES string of the molecule is CC(CN(CCCO)C(C)C)C(O)c1ccccc1F. The van der Waals surface area contributed by atoms with Crippen molar-refractivity contribution < 1.29 is 14.6 Å². The molecule has 2 N–H and O–H groups in total. The van der Waals surface area contributed by atoms with Gasteiger partial charge in [0.25, 0.3) is 0 Å². The second-order valence-electron chi connectivity index (χ2n) is 5.61. The van der Waals surface area contributed by atoms with Gasteiger partial charge in [-0.2, -0.15) is 0 Å². The normalized spacial score (nSPS) is 14.8. The highest BCUT2D eigenvalue weighted by molar-refractivity contribution is 5.20.